The molecule has 0 bridgehead atoms. The Bertz CT molecular complexity index is 2000. The highest BCUT2D eigenvalue weighted by atomic mass is 16.7. The van der Waals surface area contributed by atoms with Crippen LogP contribution in [0.4, 0.5) is 0 Å². The number of ether oxygens (including phenoxy) is 2. The molecule has 0 radical (unpaired) electrons. The van der Waals surface area contributed by atoms with Gasteiger partial charge in [0.05, 0.1) is 5.92 Å². The van der Waals surface area contributed by atoms with Crippen LogP contribution in [0.5, 0.6) is 11.5 Å². The number of allylic oxidation sites excluding steroid dienone is 1. The van der Waals surface area contributed by atoms with E-state index in [0.717, 1.165) is 27.4 Å². The van der Waals surface area contributed by atoms with Crippen molar-refractivity contribution in [1.29, 1.82) is 0 Å². The number of para-hydroxylation sites is 2. The lowest BCUT2D eigenvalue weighted by Crippen LogP contribution is -2.43. The molecule has 1 aliphatic heterocycles. The smallest absolute Gasteiger partial charge is 0.307 e. The van der Waals surface area contributed by atoms with Crippen LogP contribution in [0.15, 0.2) is 95.4 Å². The third-order valence-electron chi connectivity index (χ3n) is 9.59. The van der Waals surface area contributed by atoms with Gasteiger partial charge in [0.1, 0.15) is 5.52 Å². The van der Waals surface area contributed by atoms with Crippen molar-refractivity contribution in [2.75, 3.05) is 6.79 Å². The number of benzene rings is 4. The average Bonchev–Trinajstić information content (AvgIpc) is 3.76. The molecule has 2 heterocycles. The number of amides is 1. The summed E-state index contributed by atoms with van der Waals surface area (Å²) in [5, 5.41) is 21.8. The van der Waals surface area contributed by atoms with E-state index in [4.69, 9.17) is 13.9 Å². The molecule has 0 fully saturated rings. The van der Waals surface area contributed by atoms with Gasteiger partial charge in [-0.2, -0.15) is 0 Å². The van der Waals surface area contributed by atoms with E-state index < -0.39 is 29.8 Å². The van der Waals surface area contributed by atoms with E-state index in [2.05, 4.69) is 4.98 Å². The molecule has 4 unspecified atom stereocenters. The van der Waals surface area contributed by atoms with Gasteiger partial charge in [-0.3, -0.25) is 14.4 Å². The van der Waals surface area contributed by atoms with Gasteiger partial charge >= 0.3 is 11.9 Å². The van der Waals surface area contributed by atoms with Crippen LogP contribution in [0.3, 0.4) is 0 Å². The average molecular weight is 677 g/mol. The Morgan fingerprint density at radius 3 is 2.42 bits per heavy atom. The van der Waals surface area contributed by atoms with Crippen LogP contribution in [0.1, 0.15) is 62.5 Å². The molecule has 0 aliphatic carbocycles. The summed E-state index contributed by atoms with van der Waals surface area (Å²) in [5.41, 5.74) is 3.23. The first-order chi connectivity index (χ1) is 24.2. The van der Waals surface area contributed by atoms with Crippen molar-refractivity contribution in [2.45, 2.75) is 58.0 Å². The maximum atomic E-state index is 14.4. The highest BCUT2D eigenvalue weighted by Gasteiger charge is 2.35. The molecule has 1 aliphatic rings. The monoisotopic (exact) mass is 676 g/mol. The second-order valence-corrected chi connectivity index (χ2v) is 12.7. The molecule has 6 rings (SSSR count). The summed E-state index contributed by atoms with van der Waals surface area (Å²) < 4.78 is 17.2. The van der Waals surface area contributed by atoms with E-state index in [1.807, 2.05) is 104 Å². The first kappa shape index (κ1) is 34.2. The van der Waals surface area contributed by atoms with E-state index in [0.29, 0.717) is 35.8 Å². The Balaban J connectivity index is 1.36. The van der Waals surface area contributed by atoms with Crippen LogP contribution in [0, 0.1) is 11.8 Å². The van der Waals surface area contributed by atoms with Crippen LogP contribution in [0.2, 0.25) is 0 Å². The molecule has 10 heteroatoms. The number of carboxylic acids is 2. The van der Waals surface area contributed by atoms with Crippen molar-refractivity contribution >= 4 is 45.8 Å². The number of carboxylic acid groups (broad SMARTS) is 2. The lowest BCUT2D eigenvalue weighted by molar-refractivity contribution is -0.150. The van der Waals surface area contributed by atoms with Crippen molar-refractivity contribution in [3.05, 3.63) is 108 Å². The summed E-state index contributed by atoms with van der Waals surface area (Å²) in [4.78, 5) is 44.8. The molecule has 0 spiro atoms. The standard InChI is InChI=1S/C40H40N2O8/c1-3-27(21-39(44)45)32(40(46)47)22-38(43)42(23-26-15-16-28-9-4-5-10-29(28)19-26)25(2)31(30-17-18-35-36(20-30)49-24-48-35)11-8-14-37-41-33-12-6-7-13-34(33)50-37/h4-10,12-20,25,27,31-32H,3,11,21-24H2,1-2H3,(H,44,45)(H,46,47)/b14-8+. The number of carbonyl (C=O) groups excluding carboxylic acids is 1. The van der Waals surface area contributed by atoms with Gasteiger partial charge < -0.3 is 29.0 Å². The summed E-state index contributed by atoms with van der Waals surface area (Å²) in [6.45, 7) is 4.06. The van der Waals surface area contributed by atoms with Crippen molar-refractivity contribution in [2.24, 2.45) is 11.8 Å². The highest BCUT2D eigenvalue weighted by molar-refractivity contribution is 5.85. The maximum Gasteiger partial charge on any atom is 0.307 e. The van der Waals surface area contributed by atoms with E-state index in [1.54, 1.807) is 11.8 Å². The van der Waals surface area contributed by atoms with Gasteiger partial charge in [0.25, 0.3) is 0 Å². The van der Waals surface area contributed by atoms with Crippen LogP contribution in [0.25, 0.3) is 27.9 Å². The number of hydrogen-bond donors (Lipinski definition) is 2. The fourth-order valence-corrected chi connectivity index (χ4v) is 6.80. The number of hydrogen-bond acceptors (Lipinski definition) is 7. The lowest BCUT2D eigenvalue weighted by Gasteiger charge is -2.36. The van der Waals surface area contributed by atoms with Crippen molar-refractivity contribution < 1.29 is 38.5 Å². The van der Waals surface area contributed by atoms with Crippen molar-refractivity contribution in [3.8, 4) is 11.5 Å². The minimum absolute atomic E-state index is 0.120. The summed E-state index contributed by atoms with van der Waals surface area (Å²) in [6, 6.07) is 26.8. The molecule has 4 aromatic carbocycles. The largest absolute Gasteiger partial charge is 0.481 e. The molecule has 1 aromatic heterocycles. The molecule has 0 saturated carbocycles. The number of fused-ring (bicyclic) bond motifs is 3. The lowest BCUT2D eigenvalue weighted by atomic mass is 9.83. The van der Waals surface area contributed by atoms with Gasteiger partial charge in [0, 0.05) is 31.3 Å². The van der Waals surface area contributed by atoms with Gasteiger partial charge in [-0.15, -0.1) is 0 Å². The fourth-order valence-electron chi connectivity index (χ4n) is 6.80. The quantitative estimate of drug-likeness (QED) is 0.113. The highest BCUT2D eigenvalue weighted by Crippen LogP contribution is 2.38. The number of nitrogens with zero attached hydrogens (tertiary/aromatic N) is 2. The minimum Gasteiger partial charge on any atom is -0.481 e. The zero-order valence-corrected chi connectivity index (χ0v) is 28.0. The van der Waals surface area contributed by atoms with Crippen molar-refractivity contribution in [1.82, 2.24) is 9.88 Å². The normalized spacial score (nSPS) is 14.8. The molecular formula is C40H40N2O8. The number of carbonyl (C=O) groups is 3. The molecule has 1 amide bonds. The molecule has 258 valence electrons. The number of aromatic nitrogens is 1. The molecule has 4 atom stereocenters. The van der Waals surface area contributed by atoms with Gasteiger partial charge in [-0.05, 0) is 77.6 Å². The Morgan fingerprint density at radius 1 is 0.900 bits per heavy atom. The first-order valence-electron chi connectivity index (χ1n) is 16.8. The summed E-state index contributed by atoms with van der Waals surface area (Å²) in [5.74, 6) is -3.05. The zero-order chi connectivity index (χ0) is 35.2. The Morgan fingerprint density at radius 2 is 1.66 bits per heavy atom. The van der Waals surface area contributed by atoms with Crippen LogP contribution in [-0.4, -0.2) is 50.8 Å². The van der Waals surface area contributed by atoms with Gasteiger partial charge in [0.2, 0.25) is 18.6 Å². The Kier molecular flexibility index (Phi) is 10.5. The van der Waals surface area contributed by atoms with E-state index in [1.165, 1.54) is 0 Å². The molecule has 2 N–H and O–H groups in total. The summed E-state index contributed by atoms with van der Waals surface area (Å²) in [6.07, 6.45) is 3.93. The predicted molar refractivity (Wildman–Crippen MR) is 189 cm³/mol. The molecule has 50 heavy (non-hydrogen) atoms. The zero-order valence-electron chi connectivity index (χ0n) is 28.0. The molecular weight excluding hydrogens is 636 g/mol. The van der Waals surface area contributed by atoms with E-state index >= 15 is 0 Å². The van der Waals surface area contributed by atoms with Crippen LogP contribution < -0.4 is 9.47 Å². The predicted octanol–water partition coefficient (Wildman–Crippen LogP) is 7.91. The van der Waals surface area contributed by atoms with E-state index in [9.17, 15) is 24.6 Å². The van der Waals surface area contributed by atoms with Crippen LogP contribution >= 0.6 is 0 Å². The third kappa shape index (κ3) is 7.80. The van der Waals surface area contributed by atoms with Gasteiger partial charge in [-0.1, -0.05) is 74.0 Å². The third-order valence-corrected chi connectivity index (χ3v) is 9.59. The Labute approximate surface area is 289 Å². The summed E-state index contributed by atoms with van der Waals surface area (Å²) >= 11 is 0. The maximum absolute atomic E-state index is 14.4. The minimum atomic E-state index is -1.18. The SMILES string of the molecule is CCC(CC(=O)O)C(CC(=O)N(Cc1ccc2ccccc2c1)C(C)C(C/C=C/c1nc2ccccc2o1)c1ccc2c(c1)OCO2)C(=O)O. The molecule has 0 saturated heterocycles. The number of oxazole rings is 1. The Hall–Kier alpha value is -5.64. The van der Waals surface area contributed by atoms with Crippen LogP contribution in [-0.2, 0) is 20.9 Å². The molecule has 5 aromatic rings. The fraction of sp³-hybridized carbons (Fsp3) is 0.300. The number of aliphatic carboxylic acids is 2. The van der Waals surface area contributed by atoms with Crippen molar-refractivity contribution in [3.63, 3.8) is 0 Å². The second kappa shape index (κ2) is 15.3. The topological polar surface area (TPSA) is 139 Å². The summed E-state index contributed by atoms with van der Waals surface area (Å²) in [7, 11) is 0. The van der Waals surface area contributed by atoms with E-state index in [-0.39, 0.29) is 38.0 Å². The first-order valence-corrected chi connectivity index (χ1v) is 16.8. The van der Waals surface area contributed by atoms with Gasteiger partial charge in [-0.25, -0.2) is 4.98 Å². The second-order valence-electron chi connectivity index (χ2n) is 12.7. The number of rotatable bonds is 15. The molecule has 10 nitrogen and oxygen atoms in total. The van der Waals surface area contributed by atoms with Gasteiger partial charge in [0.15, 0.2) is 17.1 Å².